The highest BCUT2D eigenvalue weighted by Gasteiger charge is 2.33. The van der Waals surface area contributed by atoms with Gasteiger partial charge < -0.3 is 15.4 Å². The minimum absolute atomic E-state index is 0.0239. The van der Waals surface area contributed by atoms with E-state index in [0.29, 0.717) is 24.7 Å². The first-order chi connectivity index (χ1) is 14.1. The van der Waals surface area contributed by atoms with Crippen LogP contribution in [0.5, 0.6) is 5.88 Å². The normalized spacial score (nSPS) is 22.0. The number of benzene rings is 1. The van der Waals surface area contributed by atoms with Gasteiger partial charge in [0.15, 0.2) is 0 Å². The van der Waals surface area contributed by atoms with Crippen molar-refractivity contribution in [1.82, 2.24) is 14.7 Å². The molecule has 1 aromatic heterocycles. The van der Waals surface area contributed by atoms with Gasteiger partial charge in [0.05, 0.1) is 6.10 Å². The number of hydrogen-bond donors (Lipinski definition) is 1. The topological polar surface area (TPSA) is 73.4 Å². The molecule has 3 heterocycles. The zero-order valence-electron chi connectivity index (χ0n) is 16.9. The van der Waals surface area contributed by atoms with Gasteiger partial charge in [0.1, 0.15) is 11.5 Å². The average molecular weight is 400 g/mol. The highest BCUT2D eigenvalue weighted by atomic mass is 19.1. The smallest absolute Gasteiger partial charge is 0.348 e. The number of carbonyl (C=O) groups is 1. The number of nitrogens with two attached hydrogens (primary N) is 1. The summed E-state index contributed by atoms with van der Waals surface area (Å²) in [6.07, 6.45) is 6.64. The molecule has 2 atom stereocenters. The predicted molar refractivity (Wildman–Crippen MR) is 109 cm³/mol. The maximum atomic E-state index is 13.6. The highest BCUT2D eigenvalue weighted by Crippen LogP contribution is 2.36. The van der Waals surface area contributed by atoms with Crippen LogP contribution in [0, 0.1) is 5.82 Å². The average Bonchev–Trinajstić information content (AvgIpc) is 2.92. The Morgan fingerprint density at radius 2 is 2.03 bits per heavy atom. The van der Waals surface area contributed by atoms with Crippen LogP contribution >= 0.6 is 0 Å². The summed E-state index contributed by atoms with van der Waals surface area (Å²) in [5.74, 6) is 0.237. The number of nitrogens with zero attached hydrogens (tertiary/aromatic N) is 3. The van der Waals surface area contributed by atoms with Gasteiger partial charge in [0.25, 0.3) is 0 Å². The SMILES string of the molecule is C[C@H]1CCc2c(-c3ccc(F)cc3)nn(C(=O)N3CCCCCC3CCN)c2O1. The van der Waals surface area contributed by atoms with Gasteiger partial charge in [-0.1, -0.05) is 12.8 Å². The molecule has 6 nitrogen and oxygen atoms in total. The highest BCUT2D eigenvalue weighted by molar-refractivity contribution is 5.81. The number of rotatable bonds is 3. The Morgan fingerprint density at radius 1 is 1.24 bits per heavy atom. The molecular weight excluding hydrogens is 371 g/mol. The predicted octanol–water partition coefficient (Wildman–Crippen LogP) is 3.96. The number of likely N-dealkylation sites (tertiary alicyclic amines) is 1. The molecule has 0 saturated carbocycles. The van der Waals surface area contributed by atoms with Crippen LogP contribution in [0.1, 0.15) is 51.0 Å². The number of fused-ring (bicyclic) bond motifs is 1. The lowest BCUT2D eigenvalue weighted by molar-refractivity contribution is 0.150. The van der Waals surface area contributed by atoms with E-state index in [2.05, 4.69) is 5.10 Å². The molecule has 1 aromatic carbocycles. The van der Waals surface area contributed by atoms with Crippen LogP contribution in [-0.2, 0) is 6.42 Å². The second-order valence-corrected chi connectivity index (χ2v) is 8.07. The Balaban J connectivity index is 1.74. The Kier molecular flexibility index (Phi) is 5.85. The van der Waals surface area contributed by atoms with E-state index >= 15 is 0 Å². The maximum absolute atomic E-state index is 13.6. The largest absolute Gasteiger partial charge is 0.474 e. The van der Waals surface area contributed by atoms with Crippen molar-refractivity contribution in [1.29, 1.82) is 0 Å². The molecule has 0 aliphatic carbocycles. The van der Waals surface area contributed by atoms with Crippen molar-refractivity contribution >= 4 is 6.03 Å². The summed E-state index contributed by atoms with van der Waals surface area (Å²) in [6.45, 7) is 3.27. The third-order valence-electron chi connectivity index (χ3n) is 5.97. The zero-order chi connectivity index (χ0) is 20.4. The first-order valence-corrected chi connectivity index (χ1v) is 10.6. The molecule has 7 heteroatoms. The standard InChI is InChI=1S/C22H29FN4O2/c1-15-6-11-19-20(16-7-9-17(23)10-8-16)25-27(21(19)29-15)22(28)26-14-4-2-3-5-18(26)12-13-24/h7-10,15,18H,2-6,11-14,24H2,1H3/t15-,18?/m0/s1. The van der Waals surface area contributed by atoms with Crippen molar-refractivity contribution in [3.05, 3.63) is 35.6 Å². The summed E-state index contributed by atoms with van der Waals surface area (Å²) in [4.78, 5) is 15.5. The molecule has 4 rings (SSSR count). The second-order valence-electron chi connectivity index (χ2n) is 8.07. The van der Waals surface area contributed by atoms with E-state index in [9.17, 15) is 9.18 Å². The summed E-state index contributed by atoms with van der Waals surface area (Å²) >= 11 is 0. The maximum Gasteiger partial charge on any atom is 0.348 e. The van der Waals surface area contributed by atoms with E-state index in [-0.39, 0.29) is 24.0 Å². The fraction of sp³-hybridized carbons (Fsp3) is 0.545. The van der Waals surface area contributed by atoms with Gasteiger partial charge in [-0.05, 0) is 69.8 Å². The van der Waals surface area contributed by atoms with Crippen LogP contribution in [0.3, 0.4) is 0 Å². The lowest BCUT2D eigenvalue weighted by Crippen LogP contribution is -2.44. The van der Waals surface area contributed by atoms with Crippen molar-refractivity contribution in [3.63, 3.8) is 0 Å². The van der Waals surface area contributed by atoms with Crippen LogP contribution in [0.2, 0.25) is 0 Å². The van der Waals surface area contributed by atoms with Crippen molar-refractivity contribution < 1.29 is 13.9 Å². The number of halogens is 1. The minimum Gasteiger partial charge on any atom is -0.474 e. The third kappa shape index (κ3) is 4.01. The van der Waals surface area contributed by atoms with E-state index in [1.54, 1.807) is 12.1 Å². The third-order valence-corrected chi connectivity index (χ3v) is 5.97. The molecule has 2 N–H and O–H groups in total. The molecule has 0 radical (unpaired) electrons. The summed E-state index contributed by atoms with van der Waals surface area (Å²) in [6, 6.07) is 6.22. The molecule has 1 amide bonds. The molecule has 1 saturated heterocycles. The van der Waals surface area contributed by atoms with E-state index in [1.807, 2.05) is 11.8 Å². The van der Waals surface area contributed by atoms with Crippen molar-refractivity contribution in [2.24, 2.45) is 5.73 Å². The summed E-state index contributed by atoms with van der Waals surface area (Å²) in [7, 11) is 0. The fourth-order valence-corrected chi connectivity index (χ4v) is 4.39. The number of ether oxygens (including phenoxy) is 1. The molecule has 0 spiro atoms. The van der Waals surface area contributed by atoms with Crippen LogP contribution in [0.25, 0.3) is 11.3 Å². The van der Waals surface area contributed by atoms with Crippen LogP contribution in [-0.4, -0.2) is 45.9 Å². The minimum atomic E-state index is -0.294. The van der Waals surface area contributed by atoms with Gasteiger partial charge in [-0.2, -0.15) is 5.10 Å². The number of carbonyl (C=O) groups excluding carboxylic acids is 1. The van der Waals surface area contributed by atoms with E-state index in [1.165, 1.54) is 16.8 Å². The second kappa shape index (κ2) is 8.53. The van der Waals surface area contributed by atoms with Gasteiger partial charge in [0.2, 0.25) is 5.88 Å². The van der Waals surface area contributed by atoms with Gasteiger partial charge in [-0.15, -0.1) is 4.68 Å². The van der Waals surface area contributed by atoms with E-state index in [4.69, 9.17) is 10.5 Å². The Bertz CT molecular complexity index is 864. The van der Waals surface area contributed by atoms with E-state index in [0.717, 1.165) is 56.1 Å². The van der Waals surface area contributed by atoms with Gasteiger partial charge in [-0.3, -0.25) is 0 Å². The molecule has 2 aromatic rings. The Hall–Kier alpha value is -2.41. The quantitative estimate of drug-likeness (QED) is 0.846. The lowest BCUT2D eigenvalue weighted by Gasteiger charge is -2.30. The number of hydrogen-bond acceptors (Lipinski definition) is 4. The van der Waals surface area contributed by atoms with Crippen LogP contribution in [0.4, 0.5) is 9.18 Å². The zero-order valence-corrected chi connectivity index (χ0v) is 16.9. The van der Waals surface area contributed by atoms with Gasteiger partial charge in [-0.25, -0.2) is 9.18 Å². The Morgan fingerprint density at radius 3 is 2.79 bits per heavy atom. The molecule has 2 aliphatic rings. The molecular formula is C22H29FN4O2. The number of amides is 1. The van der Waals surface area contributed by atoms with Crippen LogP contribution < -0.4 is 10.5 Å². The molecule has 156 valence electrons. The lowest BCUT2D eigenvalue weighted by atomic mass is 10.0. The number of aromatic nitrogens is 2. The first-order valence-electron chi connectivity index (χ1n) is 10.6. The van der Waals surface area contributed by atoms with Crippen LogP contribution in [0.15, 0.2) is 24.3 Å². The van der Waals surface area contributed by atoms with Crippen molar-refractivity contribution in [3.8, 4) is 17.1 Å². The van der Waals surface area contributed by atoms with Crippen molar-refractivity contribution in [2.45, 2.75) is 64.0 Å². The Labute approximate surface area is 170 Å². The van der Waals surface area contributed by atoms with Gasteiger partial charge >= 0.3 is 6.03 Å². The summed E-state index contributed by atoms with van der Waals surface area (Å²) in [5, 5.41) is 4.67. The molecule has 1 fully saturated rings. The molecule has 1 unspecified atom stereocenters. The summed E-state index contributed by atoms with van der Waals surface area (Å²) in [5.41, 5.74) is 8.23. The fourth-order valence-electron chi connectivity index (χ4n) is 4.39. The molecule has 29 heavy (non-hydrogen) atoms. The van der Waals surface area contributed by atoms with Crippen molar-refractivity contribution in [2.75, 3.05) is 13.1 Å². The molecule has 2 aliphatic heterocycles. The molecule has 0 bridgehead atoms. The monoisotopic (exact) mass is 400 g/mol. The first kappa shape index (κ1) is 19.9. The van der Waals surface area contributed by atoms with E-state index < -0.39 is 0 Å². The van der Waals surface area contributed by atoms with Gasteiger partial charge in [0, 0.05) is 23.7 Å². The summed E-state index contributed by atoms with van der Waals surface area (Å²) < 4.78 is 20.9.